The molecular formula is C34H35N3O8S2. The number of nitrogens with one attached hydrogen (secondary N) is 2. The summed E-state index contributed by atoms with van der Waals surface area (Å²) in [4.78, 5) is 68.7. The quantitative estimate of drug-likeness (QED) is 0.185. The first-order chi connectivity index (χ1) is 22.7. The standard InChI is InChI=1S/C34H35N3O8S2/c1-44-22-14-17(11-12-21(22)45-16-23(38)35-18-8-4-2-5-9-18)25-26-19-15-20(29(26)46-31-30(25)47-34(43)36-31)28-27(19)32(41)37(33(28)42)13-7-3-6-10-24(39)40/h2,4-5,8-9,11-12,14,19-20,25-29H,3,6-7,10,13,15-16H2,1H3,(H,35,38)(H,36,43)(H,39,40)/t19?,20?,25-,26?,27?,28?,29?/m1/s1. The summed E-state index contributed by atoms with van der Waals surface area (Å²) in [5.41, 5.74) is 1.59. The van der Waals surface area contributed by atoms with Gasteiger partial charge in [-0.3, -0.25) is 28.9 Å². The number of ether oxygens (including phenoxy) is 2. The topological polar surface area (TPSA) is 155 Å². The van der Waals surface area contributed by atoms with Crippen LogP contribution in [0.15, 0.2) is 58.4 Å². The molecular weight excluding hydrogens is 643 g/mol. The number of anilines is 1. The number of imide groups is 1. The molecule has 47 heavy (non-hydrogen) atoms. The minimum atomic E-state index is -0.847. The van der Waals surface area contributed by atoms with E-state index < -0.39 is 5.97 Å². The molecule has 0 radical (unpaired) electrons. The Kier molecular flexibility index (Phi) is 8.60. The van der Waals surface area contributed by atoms with Crippen LogP contribution in [0.25, 0.3) is 0 Å². The number of likely N-dealkylation sites (tertiary alicyclic amines) is 1. The number of carbonyl (C=O) groups is 4. The summed E-state index contributed by atoms with van der Waals surface area (Å²) in [6.45, 7) is 0.107. The van der Waals surface area contributed by atoms with Gasteiger partial charge in [-0.05, 0) is 66.8 Å². The fourth-order valence-corrected chi connectivity index (χ4v) is 11.1. The highest BCUT2D eigenvalue weighted by Crippen LogP contribution is 2.68. The summed E-state index contributed by atoms with van der Waals surface area (Å²) < 4.78 is 11.6. The van der Waals surface area contributed by atoms with Gasteiger partial charge in [0.1, 0.15) is 0 Å². The molecule has 2 aliphatic carbocycles. The number of carbonyl (C=O) groups excluding carboxylic acids is 3. The molecule has 11 nitrogen and oxygen atoms in total. The lowest BCUT2D eigenvalue weighted by atomic mass is 9.68. The maximum atomic E-state index is 13.8. The lowest BCUT2D eigenvalue weighted by Gasteiger charge is -2.43. The van der Waals surface area contributed by atoms with E-state index in [1.54, 1.807) is 30.0 Å². The van der Waals surface area contributed by atoms with E-state index in [9.17, 15) is 24.0 Å². The van der Waals surface area contributed by atoms with E-state index in [4.69, 9.17) is 14.6 Å². The number of unbranched alkanes of at least 4 members (excludes halogenated alkanes) is 2. The number of aromatic nitrogens is 1. The third-order valence-electron chi connectivity index (χ3n) is 10.1. The smallest absolute Gasteiger partial charge is 0.305 e. The molecule has 3 fully saturated rings. The first-order valence-electron chi connectivity index (χ1n) is 15.9. The monoisotopic (exact) mass is 677 g/mol. The predicted octanol–water partition coefficient (Wildman–Crippen LogP) is 4.58. The summed E-state index contributed by atoms with van der Waals surface area (Å²) in [5, 5.41) is 12.6. The van der Waals surface area contributed by atoms with Crippen molar-refractivity contribution in [3.05, 3.63) is 68.6 Å². The number of thioether (sulfide) groups is 1. The molecule has 2 aromatic carbocycles. The third-order valence-corrected chi connectivity index (χ3v) is 12.6. The van der Waals surface area contributed by atoms with E-state index >= 15 is 0 Å². The Morgan fingerprint density at radius 1 is 1.00 bits per heavy atom. The number of H-pyrrole nitrogens is 1. The number of methoxy groups -OCH3 is 1. The van der Waals surface area contributed by atoms with E-state index in [0.29, 0.717) is 43.0 Å². The maximum absolute atomic E-state index is 13.8. The minimum absolute atomic E-state index is 0.0140. The van der Waals surface area contributed by atoms with E-state index in [1.165, 1.54) is 23.3 Å². The molecule has 4 aliphatic rings. The largest absolute Gasteiger partial charge is 0.493 e. The van der Waals surface area contributed by atoms with Crippen molar-refractivity contribution in [1.29, 1.82) is 0 Å². The number of benzene rings is 2. The molecule has 1 saturated heterocycles. The highest BCUT2D eigenvalue weighted by molar-refractivity contribution is 8.00. The van der Waals surface area contributed by atoms with Crippen molar-refractivity contribution in [2.75, 3.05) is 25.6 Å². The zero-order valence-corrected chi connectivity index (χ0v) is 27.3. The van der Waals surface area contributed by atoms with Gasteiger partial charge in [-0.25, -0.2) is 0 Å². The van der Waals surface area contributed by atoms with Crippen molar-refractivity contribution in [2.24, 2.45) is 29.6 Å². The molecule has 3 heterocycles. The number of fused-ring (bicyclic) bond motifs is 9. The first kappa shape index (κ1) is 31.5. The Morgan fingerprint density at radius 3 is 2.51 bits per heavy atom. The van der Waals surface area contributed by atoms with Gasteiger partial charge in [0.15, 0.2) is 18.1 Å². The predicted molar refractivity (Wildman–Crippen MR) is 175 cm³/mol. The van der Waals surface area contributed by atoms with E-state index in [1.807, 2.05) is 30.3 Å². The minimum Gasteiger partial charge on any atom is -0.493 e. The molecule has 1 aromatic heterocycles. The Balaban J connectivity index is 1.12. The SMILES string of the molecule is COc1cc([C@H]2c3sc(=O)[nH]c3SC3C4CC(C5C(=O)N(CCCCCC(=O)O)C(=O)C45)C32)ccc1OCC(=O)Nc1ccccc1. The van der Waals surface area contributed by atoms with Crippen molar-refractivity contribution in [1.82, 2.24) is 9.88 Å². The second kappa shape index (κ2) is 12.8. The van der Waals surface area contributed by atoms with Crippen LogP contribution >= 0.6 is 23.1 Å². The van der Waals surface area contributed by atoms with Gasteiger partial charge >= 0.3 is 10.8 Å². The Bertz CT molecular complexity index is 1770. The molecule has 3 aromatic rings. The molecule has 3 amide bonds. The Labute approximate surface area is 279 Å². The maximum Gasteiger partial charge on any atom is 0.305 e. The zero-order valence-electron chi connectivity index (χ0n) is 25.7. The third kappa shape index (κ3) is 5.73. The van der Waals surface area contributed by atoms with Crippen LogP contribution in [-0.4, -0.2) is 64.2 Å². The molecule has 7 atom stereocenters. The number of amides is 3. The van der Waals surface area contributed by atoms with Crippen LogP contribution in [0.3, 0.4) is 0 Å². The number of hydrogen-bond acceptors (Lipinski definition) is 9. The average Bonchev–Trinajstić information content (AvgIpc) is 3.79. The van der Waals surface area contributed by atoms with Gasteiger partial charge in [0, 0.05) is 34.7 Å². The normalized spacial score (nSPS) is 26.9. The molecule has 13 heteroatoms. The van der Waals surface area contributed by atoms with Crippen LogP contribution in [0.1, 0.15) is 48.5 Å². The molecule has 246 valence electrons. The molecule has 3 N–H and O–H groups in total. The zero-order chi connectivity index (χ0) is 32.8. The molecule has 7 rings (SSSR count). The van der Waals surface area contributed by atoms with E-state index in [0.717, 1.165) is 21.9 Å². The van der Waals surface area contributed by atoms with Crippen molar-refractivity contribution in [2.45, 2.75) is 48.3 Å². The molecule has 0 spiro atoms. The van der Waals surface area contributed by atoms with Crippen LogP contribution < -0.4 is 19.7 Å². The number of hydrogen-bond donors (Lipinski definition) is 3. The number of nitrogens with zero attached hydrogens (tertiary/aromatic N) is 1. The summed E-state index contributed by atoms with van der Waals surface area (Å²) in [6.07, 6.45) is 2.60. The molecule has 2 saturated carbocycles. The second-order valence-corrected chi connectivity index (χ2v) is 14.8. The number of aliphatic carboxylic acids is 1. The molecule has 2 aliphatic heterocycles. The average molecular weight is 678 g/mol. The highest BCUT2D eigenvalue weighted by atomic mass is 32.2. The summed E-state index contributed by atoms with van der Waals surface area (Å²) >= 11 is 2.82. The number of para-hydroxylation sites is 1. The number of aromatic amines is 1. The molecule has 6 unspecified atom stereocenters. The molecule has 2 bridgehead atoms. The Hall–Kier alpha value is -4.10. The van der Waals surface area contributed by atoms with Gasteiger partial charge in [0.25, 0.3) is 5.91 Å². The fourth-order valence-electron chi connectivity index (χ4n) is 8.25. The van der Waals surface area contributed by atoms with E-state index in [-0.39, 0.29) is 76.4 Å². The van der Waals surface area contributed by atoms with Crippen LogP contribution in [0.5, 0.6) is 11.5 Å². The van der Waals surface area contributed by atoms with E-state index in [2.05, 4.69) is 10.3 Å². The van der Waals surface area contributed by atoms with Crippen LogP contribution in [-0.2, 0) is 19.2 Å². The van der Waals surface area contributed by atoms with Gasteiger partial charge in [0.05, 0.1) is 24.0 Å². The van der Waals surface area contributed by atoms with Gasteiger partial charge in [-0.15, -0.1) is 11.8 Å². The summed E-state index contributed by atoms with van der Waals surface area (Å²) in [7, 11) is 1.54. The number of thiazole rings is 1. The summed E-state index contributed by atoms with van der Waals surface area (Å²) in [5.74, 6) is -1.42. The van der Waals surface area contributed by atoms with Crippen LogP contribution in [0.4, 0.5) is 5.69 Å². The van der Waals surface area contributed by atoms with Crippen LogP contribution in [0.2, 0.25) is 0 Å². The van der Waals surface area contributed by atoms with Crippen molar-refractivity contribution in [3.63, 3.8) is 0 Å². The van der Waals surface area contributed by atoms with Gasteiger partial charge in [-0.1, -0.05) is 42.0 Å². The van der Waals surface area contributed by atoms with Crippen molar-refractivity contribution in [3.8, 4) is 11.5 Å². The second-order valence-electron chi connectivity index (χ2n) is 12.6. The lowest BCUT2D eigenvalue weighted by Crippen LogP contribution is -2.42. The first-order valence-corrected chi connectivity index (χ1v) is 17.6. The van der Waals surface area contributed by atoms with Crippen molar-refractivity contribution < 1.29 is 33.8 Å². The number of carboxylic acid groups (broad SMARTS) is 1. The van der Waals surface area contributed by atoms with Crippen LogP contribution in [0, 0.1) is 29.6 Å². The highest BCUT2D eigenvalue weighted by Gasteiger charge is 2.69. The number of carboxylic acids is 1. The lowest BCUT2D eigenvalue weighted by molar-refractivity contribution is -0.141. The number of rotatable bonds is 12. The Morgan fingerprint density at radius 2 is 1.77 bits per heavy atom. The fraction of sp³-hybridized carbons (Fsp3) is 0.441. The van der Waals surface area contributed by atoms with Gasteiger partial charge < -0.3 is 24.9 Å². The van der Waals surface area contributed by atoms with Gasteiger partial charge in [-0.2, -0.15) is 0 Å². The summed E-state index contributed by atoms with van der Waals surface area (Å²) in [6, 6.07) is 14.7. The van der Waals surface area contributed by atoms with Gasteiger partial charge in [0.2, 0.25) is 11.8 Å². The van der Waals surface area contributed by atoms with Crippen molar-refractivity contribution >= 4 is 52.5 Å².